The molecule has 0 radical (unpaired) electrons. The zero-order valence-electron chi connectivity index (χ0n) is 15.2. The van der Waals surface area contributed by atoms with Crippen LogP contribution in [0.3, 0.4) is 0 Å². The van der Waals surface area contributed by atoms with Crippen LogP contribution in [0, 0.1) is 11.3 Å². The van der Waals surface area contributed by atoms with E-state index < -0.39 is 30.2 Å². The van der Waals surface area contributed by atoms with Crippen molar-refractivity contribution in [2.24, 2.45) is 0 Å². The third-order valence-corrected chi connectivity index (χ3v) is 2.95. The Balaban J connectivity index is 2.40. The predicted molar refractivity (Wildman–Crippen MR) is 94.2 cm³/mol. The quantitative estimate of drug-likeness (QED) is 0.588. The van der Waals surface area contributed by atoms with E-state index in [9.17, 15) is 14.4 Å². The molecule has 0 spiro atoms. The van der Waals surface area contributed by atoms with Gasteiger partial charge in [-0.25, -0.2) is 4.79 Å². The van der Waals surface area contributed by atoms with Crippen LogP contribution in [0.2, 0.25) is 0 Å². The van der Waals surface area contributed by atoms with Gasteiger partial charge in [-0.2, -0.15) is 5.26 Å². The van der Waals surface area contributed by atoms with Crippen molar-refractivity contribution in [1.29, 1.82) is 5.26 Å². The van der Waals surface area contributed by atoms with Crippen molar-refractivity contribution in [2.75, 3.05) is 24.6 Å². The highest BCUT2D eigenvalue weighted by Gasteiger charge is 2.18. The summed E-state index contributed by atoms with van der Waals surface area (Å²) in [6, 6.07) is 10.5. The van der Waals surface area contributed by atoms with Crippen LogP contribution in [-0.2, 0) is 19.1 Å². The minimum absolute atomic E-state index is 0.0303. The van der Waals surface area contributed by atoms with Crippen LogP contribution < -0.4 is 10.2 Å². The highest BCUT2D eigenvalue weighted by Crippen LogP contribution is 2.13. The van der Waals surface area contributed by atoms with Crippen molar-refractivity contribution in [1.82, 2.24) is 5.32 Å². The number of carbonyl (C=O) groups excluding carboxylic acids is 3. The molecule has 26 heavy (non-hydrogen) atoms. The summed E-state index contributed by atoms with van der Waals surface area (Å²) < 4.78 is 9.94. The summed E-state index contributed by atoms with van der Waals surface area (Å²) in [6.07, 6.45) is -0.735. The summed E-state index contributed by atoms with van der Waals surface area (Å²) in [7, 11) is 0. The lowest BCUT2D eigenvalue weighted by Gasteiger charge is -2.20. The van der Waals surface area contributed by atoms with E-state index in [0.717, 1.165) is 0 Å². The molecular formula is C18H23N3O5. The Morgan fingerprint density at radius 1 is 1.19 bits per heavy atom. The molecular weight excluding hydrogens is 338 g/mol. The lowest BCUT2D eigenvalue weighted by molar-refractivity contribution is -0.147. The molecule has 0 aromatic heterocycles. The van der Waals surface area contributed by atoms with Crippen LogP contribution in [0.5, 0.6) is 0 Å². The zero-order chi connectivity index (χ0) is 19.6. The number of rotatable bonds is 7. The van der Waals surface area contributed by atoms with E-state index >= 15 is 0 Å². The number of amides is 2. The van der Waals surface area contributed by atoms with Crippen LogP contribution >= 0.6 is 0 Å². The van der Waals surface area contributed by atoms with Crippen molar-refractivity contribution in [3.05, 3.63) is 30.3 Å². The molecule has 8 nitrogen and oxygen atoms in total. The average molecular weight is 361 g/mol. The molecule has 0 aliphatic carbocycles. The van der Waals surface area contributed by atoms with E-state index in [4.69, 9.17) is 14.7 Å². The van der Waals surface area contributed by atoms with E-state index in [1.807, 2.05) is 6.07 Å². The summed E-state index contributed by atoms with van der Waals surface area (Å²) in [4.78, 5) is 36.5. The third kappa shape index (κ3) is 8.15. The molecule has 0 fully saturated rings. The molecule has 1 aromatic rings. The second-order valence-electron chi connectivity index (χ2n) is 6.31. The summed E-state index contributed by atoms with van der Waals surface area (Å²) in [6.45, 7) is 4.58. The highest BCUT2D eigenvalue weighted by atomic mass is 16.6. The Labute approximate surface area is 152 Å². The van der Waals surface area contributed by atoms with Crippen molar-refractivity contribution in [3.8, 4) is 6.07 Å². The van der Waals surface area contributed by atoms with Gasteiger partial charge in [-0.15, -0.1) is 0 Å². The number of carbonyl (C=O) groups is 3. The van der Waals surface area contributed by atoms with Gasteiger partial charge in [-0.05, 0) is 32.9 Å². The van der Waals surface area contributed by atoms with Gasteiger partial charge in [0.15, 0.2) is 6.61 Å². The fourth-order valence-electron chi connectivity index (χ4n) is 1.88. The number of nitriles is 1. The van der Waals surface area contributed by atoms with Gasteiger partial charge in [0.1, 0.15) is 12.1 Å². The number of ether oxygens (including phenoxy) is 2. The van der Waals surface area contributed by atoms with Crippen molar-refractivity contribution >= 4 is 23.7 Å². The number of hydrogen-bond donors (Lipinski definition) is 1. The third-order valence-electron chi connectivity index (χ3n) is 2.95. The van der Waals surface area contributed by atoms with Gasteiger partial charge in [0, 0.05) is 12.2 Å². The lowest BCUT2D eigenvalue weighted by Crippen LogP contribution is -2.36. The van der Waals surface area contributed by atoms with E-state index in [0.29, 0.717) is 5.69 Å². The Morgan fingerprint density at radius 2 is 1.85 bits per heavy atom. The van der Waals surface area contributed by atoms with Gasteiger partial charge < -0.3 is 14.8 Å². The number of benzene rings is 1. The SMILES string of the molecule is CC(C)(C)OC(=O)NCCC(=O)OCC(=O)N(CC#N)c1ccccc1. The van der Waals surface area contributed by atoms with Gasteiger partial charge in [0.05, 0.1) is 12.5 Å². The fourth-order valence-corrected chi connectivity index (χ4v) is 1.88. The van der Waals surface area contributed by atoms with E-state index in [-0.39, 0.29) is 19.5 Å². The molecule has 0 bridgehead atoms. The summed E-state index contributed by atoms with van der Waals surface area (Å²) in [5, 5.41) is 11.3. The van der Waals surface area contributed by atoms with Gasteiger partial charge >= 0.3 is 12.1 Å². The first kappa shape index (κ1) is 21.0. The molecule has 0 aliphatic rings. The molecule has 140 valence electrons. The molecule has 0 saturated carbocycles. The normalized spacial score (nSPS) is 10.4. The molecule has 0 heterocycles. The number of anilines is 1. The largest absolute Gasteiger partial charge is 0.455 e. The average Bonchev–Trinajstić information content (AvgIpc) is 2.56. The number of para-hydroxylation sites is 1. The molecule has 0 atom stereocenters. The van der Waals surface area contributed by atoms with E-state index in [1.54, 1.807) is 51.1 Å². The highest BCUT2D eigenvalue weighted by molar-refractivity contribution is 5.95. The molecule has 1 N–H and O–H groups in total. The summed E-state index contributed by atoms with van der Waals surface area (Å²) in [5.74, 6) is -1.15. The Morgan fingerprint density at radius 3 is 2.42 bits per heavy atom. The Hall–Kier alpha value is -3.08. The van der Waals surface area contributed by atoms with E-state index in [1.165, 1.54) is 4.90 Å². The first-order valence-corrected chi connectivity index (χ1v) is 8.08. The van der Waals surface area contributed by atoms with Crippen LogP contribution in [-0.4, -0.2) is 43.3 Å². The van der Waals surface area contributed by atoms with Crippen LogP contribution in [0.25, 0.3) is 0 Å². The molecule has 2 amide bonds. The fraction of sp³-hybridized carbons (Fsp3) is 0.444. The lowest BCUT2D eigenvalue weighted by atomic mass is 10.2. The van der Waals surface area contributed by atoms with Crippen LogP contribution in [0.15, 0.2) is 30.3 Å². The topological polar surface area (TPSA) is 109 Å². The molecule has 0 saturated heterocycles. The summed E-state index contributed by atoms with van der Waals surface area (Å²) in [5.41, 5.74) is -0.0831. The smallest absolute Gasteiger partial charge is 0.407 e. The Kier molecular flexibility index (Phi) is 8.09. The standard InChI is InChI=1S/C18H23N3O5/c1-18(2,3)26-17(24)20-11-9-16(23)25-13-15(22)21(12-10-19)14-7-5-4-6-8-14/h4-8H,9,11-13H2,1-3H3,(H,20,24). The first-order chi connectivity index (χ1) is 12.2. The van der Waals surface area contributed by atoms with Gasteiger partial charge in [0.25, 0.3) is 5.91 Å². The van der Waals surface area contributed by atoms with Crippen molar-refractivity contribution in [2.45, 2.75) is 32.8 Å². The molecule has 0 unspecified atom stereocenters. The Bertz CT molecular complexity index is 662. The number of nitrogens with zero attached hydrogens (tertiary/aromatic N) is 2. The molecule has 1 aromatic carbocycles. The molecule has 0 aliphatic heterocycles. The number of esters is 1. The van der Waals surface area contributed by atoms with Crippen LogP contribution in [0.1, 0.15) is 27.2 Å². The molecule has 1 rings (SSSR count). The molecule has 8 heteroatoms. The van der Waals surface area contributed by atoms with Crippen molar-refractivity contribution < 1.29 is 23.9 Å². The first-order valence-electron chi connectivity index (χ1n) is 8.08. The predicted octanol–water partition coefficient (Wildman–Crippen LogP) is 2.00. The second kappa shape index (κ2) is 10.0. The minimum atomic E-state index is -0.639. The number of hydrogen-bond acceptors (Lipinski definition) is 6. The zero-order valence-corrected chi connectivity index (χ0v) is 15.2. The number of nitrogens with one attached hydrogen (secondary N) is 1. The monoisotopic (exact) mass is 361 g/mol. The maximum absolute atomic E-state index is 12.2. The summed E-state index contributed by atoms with van der Waals surface area (Å²) >= 11 is 0. The second-order valence-corrected chi connectivity index (χ2v) is 6.31. The van der Waals surface area contributed by atoms with Gasteiger partial charge in [-0.1, -0.05) is 18.2 Å². The van der Waals surface area contributed by atoms with Gasteiger partial charge in [0.2, 0.25) is 0 Å². The minimum Gasteiger partial charge on any atom is -0.455 e. The van der Waals surface area contributed by atoms with Crippen molar-refractivity contribution in [3.63, 3.8) is 0 Å². The maximum atomic E-state index is 12.2. The maximum Gasteiger partial charge on any atom is 0.407 e. The van der Waals surface area contributed by atoms with Gasteiger partial charge in [-0.3, -0.25) is 14.5 Å². The van der Waals surface area contributed by atoms with Crippen LogP contribution in [0.4, 0.5) is 10.5 Å². The number of alkyl carbamates (subject to hydrolysis) is 1. The van der Waals surface area contributed by atoms with E-state index in [2.05, 4.69) is 5.32 Å².